The summed E-state index contributed by atoms with van der Waals surface area (Å²) in [4.78, 5) is 10.2. The van der Waals surface area contributed by atoms with Crippen LogP contribution in [0.3, 0.4) is 0 Å². The van der Waals surface area contributed by atoms with Crippen molar-refractivity contribution in [2.45, 2.75) is 38.3 Å². The van der Waals surface area contributed by atoms with Crippen LogP contribution in [0.5, 0.6) is 17.2 Å². The van der Waals surface area contributed by atoms with Crippen molar-refractivity contribution in [2.24, 2.45) is 0 Å². The van der Waals surface area contributed by atoms with Gasteiger partial charge in [0.15, 0.2) is 6.35 Å². The number of ether oxygens (including phenoxy) is 2. The zero-order valence-corrected chi connectivity index (χ0v) is 21.2. The smallest absolute Gasteiger partial charge is 0.241 e. The Morgan fingerprint density at radius 1 is 0.944 bits per heavy atom. The van der Waals surface area contributed by atoms with Crippen molar-refractivity contribution in [1.82, 2.24) is 5.32 Å². The molecule has 9 heteroatoms. The van der Waals surface area contributed by atoms with Crippen LogP contribution in [0.1, 0.15) is 23.6 Å². The summed E-state index contributed by atoms with van der Waals surface area (Å²) in [5, 5.41) is 32.3. The van der Waals surface area contributed by atoms with Crippen molar-refractivity contribution in [2.75, 3.05) is 19.5 Å². The molecule has 0 aliphatic heterocycles. The van der Waals surface area contributed by atoms with Gasteiger partial charge in [-0.3, -0.25) is 4.57 Å². The molecule has 0 radical (unpaired) electrons. The molecule has 3 unspecified atom stereocenters. The van der Waals surface area contributed by atoms with Gasteiger partial charge < -0.3 is 35.0 Å². The standard InChI is InChI=1S/C27H34NO7P/c1-20(28-15-24(30)17-34-26-11-12-27(31)23(14-26)16-29)13-21-7-9-25(10-8-21)35-19-36(32,33)18-22-5-3-2-4-6-22/h2-12,14,20,24,28-31H,13,15-19H2,1H3,(H,32,33). The number of hydrogen-bond donors (Lipinski definition) is 5. The normalized spacial score (nSPS) is 14.6. The van der Waals surface area contributed by atoms with Crippen LogP contribution in [0, 0.1) is 0 Å². The van der Waals surface area contributed by atoms with Gasteiger partial charge in [-0.2, -0.15) is 0 Å². The van der Waals surface area contributed by atoms with E-state index in [1.165, 1.54) is 12.1 Å². The maximum atomic E-state index is 12.4. The molecule has 0 aliphatic carbocycles. The maximum absolute atomic E-state index is 12.4. The average molecular weight is 516 g/mol. The van der Waals surface area contributed by atoms with Crippen LogP contribution in [-0.4, -0.2) is 51.9 Å². The minimum absolute atomic E-state index is 0.00283. The van der Waals surface area contributed by atoms with Crippen molar-refractivity contribution in [3.8, 4) is 17.2 Å². The van der Waals surface area contributed by atoms with Gasteiger partial charge in [0.05, 0.1) is 12.8 Å². The topological polar surface area (TPSA) is 128 Å². The van der Waals surface area contributed by atoms with Gasteiger partial charge in [-0.15, -0.1) is 0 Å². The summed E-state index contributed by atoms with van der Waals surface area (Å²) >= 11 is 0. The Kier molecular flexibility index (Phi) is 10.3. The van der Waals surface area contributed by atoms with Gasteiger partial charge >= 0.3 is 0 Å². The Labute approximate surface area is 211 Å². The molecule has 8 nitrogen and oxygen atoms in total. The number of aliphatic hydroxyl groups is 2. The molecule has 0 fully saturated rings. The molecule has 0 amide bonds. The van der Waals surface area contributed by atoms with Gasteiger partial charge in [0.1, 0.15) is 30.0 Å². The maximum Gasteiger partial charge on any atom is 0.241 e. The zero-order chi connectivity index (χ0) is 26.0. The predicted molar refractivity (Wildman–Crippen MR) is 139 cm³/mol. The van der Waals surface area contributed by atoms with E-state index in [9.17, 15) is 24.8 Å². The number of rotatable bonds is 14. The molecule has 5 N–H and O–H groups in total. The fourth-order valence-electron chi connectivity index (χ4n) is 3.60. The van der Waals surface area contributed by atoms with Crippen LogP contribution in [0.25, 0.3) is 0 Å². The Hall–Kier alpha value is -2.87. The highest BCUT2D eigenvalue weighted by molar-refractivity contribution is 7.56. The molecular formula is C27H34NO7P. The van der Waals surface area contributed by atoms with Gasteiger partial charge in [-0.25, -0.2) is 0 Å². The highest BCUT2D eigenvalue weighted by Crippen LogP contribution is 2.44. The lowest BCUT2D eigenvalue weighted by Crippen LogP contribution is -2.37. The summed E-state index contributed by atoms with van der Waals surface area (Å²) in [6, 6.07) is 21.2. The summed E-state index contributed by atoms with van der Waals surface area (Å²) in [7, 11) is -3.45. The summed E-state index contributed by atoms with van der Waals surface area (Å²) < 4.78 is 23.5. The first-order valence-electron chi connectivity index (χ1n) is 11.8. The first-order valence-corrected chi connectivity index (χ1v) is 13.8. The lowest BCUT2D eigenvalue weighted by atomic mass is 10.1. The molecule has 194 valence electrons. The Balaban J connectivity index is 1.38. The molecular weight excluding hydrogens is 481 g/mol. The number of aromatic hydroxyl groups is 1. The van der Waals surface area contributed by atoms with E-state index in [0.29, 0.717) is 23.6 Å². The second-order valence-electron chi connectivity index (χ2n) is 8.83. The number of phenols is 1. The first kappa shape index (κ1) is 27.7. The first-order chi connectivity index (χ1) is 17.2. The molecule has 3 aromatic rings. The Morgan fingerprint density at radius 2 is 1.64 bits per heavy atom. The van der Waals surface area contributed by atoms with E-state index < -0.39 is 13.5 Å². The largest absolute Gasteiger partial charge is 0.508 e. The quantitative estimate of drug-likeness (QED) is 0.206. The van der Waals surface area contributed by atoms with Crippen molar-refractivity contribution in [1.29, 1.82) is 0 Å². The minimum atomic E-state index is -3.45. The van der Waals surface area contributed by atoms with Crippen molar-refractivity contribution in [3.63, 3.8) is 0 Å². The molecule has 0 saturated heterocycles. The van der Waals surface area contributed by atoms with E-state index in [0.717, 1.165) is 17.5 Å². The van der Waals surface area contributed by atoms with Crippen LogP contribution in [0.2, 0.25) is 0 Å². The average Bonchev–Trinajstić information content (AvgIpc) is 2.87. The van der Waals surface area contributed by atoms with Crippen LogP contribution in [0.15, 0.2) is 72.8 Å². The summed E-state index contributed by atoms with van der Waals surface area (Å²) in [6.07, 6.45) is -0.187. The van der Waals surface area contributed by atoms with Gasteiger partial charge in [-0.1, -0.05) is 42.5 Å². The molecule has 3 aromatic carbocycles. The van der Waals surface area contributed by atoms with Gasteiger partial charge in [0.25, 0.3) is 0 Å². The molecule has 0 spiro atoms. The fraction of sp³-hybridized carbons (Fsp3) is 0.333. The lowest BCUT2D eigenvalue weighted by molar-refractivity contribution is 0.104. The predicted octanol–water partition coefficient (Wildman–Crippen LogP) is 3.65. The molecule has 36 heavy (non-hydrogen) atoms. The van der Waals surface area contributed by atoms with Crippen molar-refractivity contribution < 1.29 is 34.3 Å². The third-order valence-corrected chi connectivity index (χ3v) is 6.93. The van der Waals surface area contributed by atoms with E-state index >= 15 is 0 Å². The van der Waals surface area contributed by atoms with E-state index in [1.54, 1.807) is 18.2 Å². The summed E-state index contributed by atoms with van der Waals surface area (Å²) in [5.41, 5.74) is 2.23. The number of benzene rings is 3. The fourth-order valence-corrected chi connectivity index (χ4v) is 4.83. The van der Waals surface area contributed by atoms with Crippen molar-refractivity contribution >= 4 is 7.37 Å². The third kappa shape index (κ3) is 9.30. The lowest BCUT2D eigenvalue weighted by Gasteiger charge is -2.18. The highest BCUT2D eigenvalue weighted by atomic mass is 31.2. The molecule has 0 heterocycles. The number of nitrogens with one attached hydrogen (secondary N) is 1. The SMILES string of the molecule is CC(Cc1ccc(OCP(=O)(O)Cc2ccccc2)cc1)NCC(O)COc1ccc(O)c(CO)c1. The molecule has 0 bridgehead atoms. The minimum Gasteiger partial charge on any atom is -0.508 e. The molecule has 3 rings (SSSR count). The Bertz CT molecular complexity index is 1120. The van der Waals surface area contributed by atoms with Crippen LogP contribution in [-0.2, 0) is 23.8 Å². The van der Waals surface area contributed by atoms with Gasteiger partial charge in [0, 0.05) is 18.2 Å². The Morgan fingerprint density at radius 3 is 2.33 bits per heavy atom. The van der Waals surface area contributed by atoms with Crippen LogP contribution in [0.4, 0.5) is 0 Å². The number of aliphatic hydroxyl groups excluding tert-OH is 2. The van der Waals surface area contributed by atoms with Crippen LogP contribution >= 0.6 is 7.37 Å². The molecule has 0 aromatic heterocycles. The highest BCUT2D eigenvalue weighted by Gasteiger charge is 2.20. The van der Waals surface area contributed by atoms with Gasteiger partial charge in [0.2, 0.25) is 7.37 Å². The molecule has 3 atom stereocenters. The van der Waals surface area contributed by atoms with E-state index in [-0.39, 0.29) is 37.5 Å². The summed E-state index contributed by atoms with van der Waals surface area (Å²) in [6.45, 7) is 2.12. The second-order valence-corrected chi connectivity index (χ2v) is 11.1. The third-order valence-electron chi connectivity index (χ3n) is 5.54. The zero-order valence-electron chi connectivity index (χ0n) is 20.3. The van der Waals surface area contributed by atoms with E-state index in [2.05, 4.69) is 5.32 Å². The summed E-state index contributed by atoms with van der Waals surface area (Å²) in [5.74, 6) is 0.994. The van der Waals surface area contributed by atoms with Crippen molar-refractivity contribution in [3.05, 3.63) is 89.5 Å². The monoisotopic (exact) mass is 515 g/mol. The van der Waals surface area contributed by atoms with Gasteiger partial charge in [-0.05, 0) is 54.8 Å². The van der Waals surface area contributed by atoms with Crippen LogP contribution < -0.4 is 14.8 Å². The van der Waals surface area contributed by atoms with E-state index in [4.69, 9.17) is 9.47 Å². The second kappa shape index (κ2) is 13.4. The number of hydrogen-bond acceptors (Lipinski definition) is 7. The molecule has 0 saturated carbocycles. The molecule has 0 aliphatic rings. The van der Waals surface area contributed by atoms with E-state index in [1.807, 2.05) is 49.4 Å².